The van der Waals surface area contributed by atoms with Gasteiger partial charge in [-0.25, -0.2) is 0 Å². The molecule has 1 amide bonds. The van der Waals surface area contributed by atoms with Crippen molar-refractivity contribution in [1.29, 1.82) is 0 Å². The smallest absolute Gasteiger partial charge is 0.236 e. The second-order valence-electron chi connectivity index (χ2n) is 6.31. The quantitative estimate of drug-likeness (QED) is 0.869. The number of hydrogen-bond donors (Lipinski definition) is 1. The molecule has 0 saturated carbocycles. The summed E-state index contributed by atoms with van der Waals surface area (Å²) in [5.74, 6) is 0.153. The van der Waals surface area contributed by atoms with Gasteiger partial charge in [-0.15, -0.1) is 0 Å². The number of carbonyl (C=O) groups is 1. The summed E-state index contributed by atoms with van der Waals surface area (Å²) in [4.78, 5) is 14.0. The zero-order valence-electron chi connectivity index (χ0n) is 11.9. The van der Waals surface area contributed by atoms with Crippen LogP contribution in [0.5, 0.6) is 0 Å². The van der Waals surface area contributed by atoms with Gasteiger partial charge in [-0.05, 0) is 31.0 Å². The number of nitrogens with two attached hydrogens (primary N) is 1. The van der Waals surface area contributed by atoms with E-state index in [1.807, 2.05) is 27.0 Å². The summed E-state index contributed by atoms with van der Waals surface area (Å²) in [5, 5.41) is 0. The average molecular weight is 246 g/mol. The first-order valence-corrected chi connectivity index (χ1v) is 6.35. The van der Waals surface area contributed by atoms with E-state index in [-0.39, 0.29) is 11.3 Å². The van der Waals surface area contributed by atoms with Gasteiger partial charge in [0.1, 0.15) is 0 Å². The van der Waals surface area contributed by atoms with Gasteiger partial charge in [0.2, 0.25) is 5.91 Å². The van der Waals surface area contributed by atoms with Crippen LogP contribution in [0.2, 0.25) is 0 Å². The van der Waals surface area contributed by atoms with E-state index in [1.165, 1.54) is 5.56 Å². The van der Waals surface area contributed by atoms with Gasteiger partial charge in [0.05, 0.1) is 5.41 Å². The van der Waals surface area contributed by atoms with Crippen LogP contribution >= 0.6 is 0 Å². The Bertz CT molecular complexity index is 503. The molecule has 3 heteroatoms. The monoisotopic (exact) mass is 246 g/mol. The van der Waals surface area contributed by atoms with Gasteiger partial charge in [-0.1, -0.05) is 26.0 Å². The Labute approximate surface area is 109 Å². The molecule has 0 fully saturated rings. The number of hydrogen-bond acceptors (Lipinski definition) is 2. The van der Waals surface area contributed by atoms with E-state index in [0.29, 0.717) is 6.54 Å². The fourth-order valence-electron chi connectivity index (χ4n) is 2.51. The normalized spacial score (nSPS) is 18.1. The minimum absolute atomic E-state index is 0.0602. The van der Waals surface area contributed by atoms with Crippen LogP contribution in [-0.4, -0.2) is 19.5 Å². The summed E-state index contributed by atoms with van der Waals surface area (Å²) in [7, 11) is 1.84. The number of benzene rings is 1. The largest absolute Gasteiger partial charge is 0.330 e. The highest BCUT2D eigenvalue weighted by Crippen LogP contribution is 2.42. The predicted octanol–water partition coefficient (Wildman–Crippen LogP) is 2.18. The van der Waals surface area contributed by atoms with Gasteiger partial charge in [0.25, 0.3) is 0 Å². The first-order chi connectivity index (χ1) is 8.21. The molecule has 0 unspecified atom stereocenters. The van der Waals surface area contributed by atoms with E-state index in [2.05, 4.69) is 26.0 Å². The van der Waals surface area contributed by atoms with Crippen molar-refractivity contribution >= 4 is 11.6 Å². The Hall–Kier alpha value is -1.35. The van der Waals surface area contributed by atoms with Crippen LogP contribution in [0.4, 0.5) is 5.69 Å². The van der Waals surface area contributed by atoms with Crippen molar-refractivity contribution in [2.24, 2.45) is 5.73 Å². The molecule has 0 saturated heterocycles. The molecule has 0 bridgehead atoms. The maximum Gasteiger partial charge on any atom is 0.236 e. The number of rotatable bonds is 2. The molecule has 0 spiro atoms. The highest BCUT2D eigenvalue weighted by atomic mass is 16.2. The molecule has 1 aliphatic rings. The molecule has 98 valence electrons. The first kappa shape index (κ1) is 13.1. The molecule has 0 atom stereocenters. The van der Waals surface area contributed by atoms with Gasteiger partial charge in [-0.3, -0.25) is 4.79 Å². The van der Waals surface area contributed by atoms with E-state index < -0.39 is 5.41 Å². The Morgan fingerprint density at radius 2 is 1.94 bits per heavy atom. The van der Waals surface area contributed by atoms with Crippen LogP contribution in [0.3, 0.4) is 0 Å². The molecule has 0 aromatic heterocycles. The Kier molecular flexibility index (Phi) is 2.78. The third-order valence-electron chi connectivity index (χ3n) is 4.16. The van der Waals surface area contributed by atoms with Crippen LogP contribution in [0, 0.1) is 0 Å². The predicted molar refractivity (Wildman–Crippen MR) is 75.0 cm³/mol. The first-order valence-electron chi connectivity index (χ1n) is 6.35. The fourth-order valence-corrected chi connectivity index (χ4v) is 2.51. The number of anilines is 1. The molecule has 2 rings (SSSR count). The summed E-state index contributed by atoms with van der Waals surface area (Å²) in [6.45, 7) is 8.81. The second kappa shape index (κ2) is 3.82. The van der Waals surface area contributed by atoms with Crippen molar-refractivity contribution in [3.63, 3.8) is 0 Å². The van der Waals surface area contributed by atoms with Gasteiger partial charge in [-0.2, -0.15) is 0 Å². The van der Waals surface area contributed by atoms with Crippen molar-refractivity contribution in [3.8, 4) is 0 Å². The maximum absolute atomic E-state index is 12.2. The lowest BCUT2D eigenvalue weighted by Crippen LogP contribution is -2.33. The lowest BCUT2D eigenvalue weighted by atomic mass is 9.79. The Morgan fingerprint density at radius 1 is 1.33 bits per heavy atom. The van der Waals surface area contributed by atoms with Crippen LogP contribution in [0.15, 0.2) is 18.2 Å². The average Bonchev–Trinajstić information content (AvgIpc) is 2.51. The van der Waals surface area contributed by atoms with Crippen molar-refractivity contribution < 1.29 is 4.79 Å². The van der Waals surface area contributed by atoms with E-state index in [0.717, 1.165) is 11.3 Å². The highest BCUT2D eigenvalue weighted by molar-refractivity contribution is 6.07. The summed E-state index contributed by atoms with van der Waals surface area (Å²) in [5.41, 5.74) is 8.64. The molecule has 1 aliphatic heterocycles. The number of amides is 1. The maximum atomic E-state index is 12.2. The SMILES string of the molecule is CN1C(=O)C(C)(C)c2cc(C(C)(C)CN)ccc21. The number of carbonyl (C=O) groups excluding carboxylic acids is 1. The van der Waals surface area contributed by atoms with Gasteiger partial charge < -0.3 is 10.6 Å². The molecule has 18 heavy (non-hydrogen) atoms. The molecule has 1 heterocycles. The van der Waals surface area contributed by atoms with Crippen LogP contribution in [0.1, 0.15) is 38.8 Å². The number of fused-ring (bicyclic) bond motifs is 1. The van der Waals surface area contributed by atoms with Crippen molar-refractivity contribution in [2.75, 3.05) is 18.5 Å². The summed E-state index contributed by atoms with van der Waals surface area (Å²) in [6.07, 6.45) is 0. The number of likely N-dealkylation sites (N-methyl/N-ethyl adjacent to an activating group) is 1. The third-order valence-corrected chi connectivity index (χ3v) is 4.16. The van der Waals surface area contributed by atoms with Crippen molar-refractivity contribution in [3.05, 3.63) is 29.3 Å². The lowest BCUT2D eigenvalue weighted by Gasteiger charge is -2.25. The van der Waals surface area contributed by atoms with Crippen LogP contribution in [-0.2, 0) is 15.6 Å². The molecule has 1 aromatic carbocycles. The van der Waals surface area contributed by atoms with Gasteiger partial charge in [0.15, 0.2) is 0 Å². The van der Waals surface area contributed by atoms with Gasteiger partial charge in [0, 0.05) is 24.7 Å². The minimum Gasteiger partial charge on any atom is -0.330 e. The zero-order chi connectivity index (χ0) is 13.7. The molecular weight excluding hydrogens is 224 g/mol. The molecule has 3 nitrogen and oxygen atoms in total. The van der Waals surface area contributed by atoms with E-state index in [1.54, 1.807) is 4.90 Å². The lowest BCUT2D eigenvalue weighted by molar-refractivity contribution is -0.121. The van der Waals surface area contributed by atoms with Crippen molar-refractivity contribution in [1.82, 2.24) is 0 Å². The minimum atomic E-state index is -0.440. The Morgan fingerprint density at radius 3 is 2.50 bits per heavy atom. The van der Waals surface area contributed by atoms with Gasteiger partial charge >= 0.3 is 0 Å². The molecule has 0 aliphatic carbocycles. The number of nitrogens with zero attached hydrogens (tertiary/aromatic N) is 1. The summed E-state index contributed by atoms with van der Waals surface area (Å²) >= 11 is 0. The zero-order valence-corrected chi connectivity index (χ0v) is 11.9. The standard InChI is InChI=1S/C15H22N2O/c1-14(2,9-16)10-6-7-12-11(8-10)15(3,4)13(18)17(12)5/h6-8H,9,16H2,1-5H3. The van der Waals surface area contributed by atoms with E-state index in [4.69, 9.17) is 5.73 Å². The summed E-state index contributed by atoms with van der Waals surface area (Å²) < 4.78 is 0. The van der Waals surface area contributed by atoms with E-state index in [9.17, 15) is 4.79 Å². The highest BCUT2D eigenvalue weighted by Gasteiger charge is 2.42. The fraction of sp³-hybridized carbons (Fsp3) is 0.533. The third kappa shape index (κ3) is 1.65. The second-order valence-corrected chi connectivity index (χ2v) is 6.31. The molecule has 2 N–H and O–H groups in total. The summed E-state index contributed by atoms with van der Waals surface area (Å²) in [6, 6.07) is 6.26. The molecule has 1 aromatic rings. The topological polar surface area (TPSA) is 46.3 Å². The Balaban J connectivity index is 2.59. The van der Waals surface area contributed by atoms with Crippen molar-refractivity contribution in [2.45, 2.75) is 38.5 Å². The van der Waals surface area contributed by atoms with E-state index >= 15 is 0 Å². The van der Waals surface area contributed by atoms with Crippen LogP contribution < -0.4 is 10.6 Å². The molecular formula is C15H22N2O. The molecule has 0 radical (unpaired) electrons. The van der Waals surface area contributed by atoms with Crippen LogP contribution in [0.25, 0.3) is 0 Å².